The van der Waals surface area contributed by atoms with E-state index >= 15 is 0 Å². The fourth-order valence-electron chi connectivity index (χ4n) is 3.16. The number of benzene rings is 2. The normalized spacial score (nSPS) is 20.3. The van der Waals surface area contributed by atoms with Crippen LogP contribution in [0, 0.1) is 5.92 Å². The van der Waals surface area contributed by atoms with Gasteiger partial charge in [0.2, 0.25) is 0 Å². The average Bonchev–Trinajstić information content (AvgIpc) is 2.70. The number of benzodiazepines with no additional fused rings is 1. The number of aldehydes is 1. The van der Waals surface area contributed by atoms with Crippen molar-refractivity contribution in [3.05, 3.63) is 65.7 Å². The lowest BCUT2D eigenvalue weighted by atomic mass is 9.99. The smallest absolute Gasteiger partial charge is 0.146 e. The highest BCUT2D eigenvalue weighted by Gasteiger charge is 2.31. The number of fused-ring (bicyclic) bond motifs is 1. The number of carbonyl (C=O) groups is 1. The first-order valence-electron chi connectivity index (χ1n) is 8.32. The molecule has 0 amide bonds. The number of para-hydroxylation sites is 1. The maximum Gasteiger partial charge on any atom is 0.146 e. The lowest BCUT2D eigenvalue weighted by molar-refractivity contribution is -0.109. The minimum Gasteiger partial charge on any atom is -0.358 e. The molecule has 4 heteroatoms. The van der Waals surface area contributed by atoms with Gasteiger partial charge in [-0.15, -0.1) is 0 Å². The van der Waals surface area contributed by atoms with Crippen LogP contribution in [0.25, 0.3) is 0 Å². The molecule has 124 valence electrons. The van der Waals surface area contributed by atoms with E-state index in [1.165, 1.54) is 0 Å². The summed E-state index contributed by atoms with van der Waals surface area (Å²) in [5, 5.41) is 0. The standard InChI is InChI=1S/C20H23N3O/c1-14(2)12-23-17-11-7-6-10-16(17)19(15-8-4-3-5-9-15)22-20(21)18(23)13-24/h3-11,13-14,18,20H,12,21H2,1-2H3. The number of hydrogen-bond acceptors (Lipinski definition) is 4. The highest BCUT2D eigenvalue weighted by Crippen LogP contribution is 2.30. The lowest BCUT2D eigenvalue weighted by Gasteiger charge is -2.33. The van der Waals surface area contributed by atoms with Crippen LogP contribution in [0.1, 0.15) is 25.0 Å². The monoisotopic (exact) mass is 321 g/mol. The fraction of sp³-hybridized carbons (Fsp3) is 0.300. The van der Waals surface area contributed by atoms with E-state index in [9.17, 15) is 4.79 Å². The van der Waals surface area contributed by atoms with Crippen LogP contribution >= 0.6 is 0 Å². The minimum atomic E-state index is -0.594. The van der Waals surface area contributed by atoms with Gasteiger partial charge in [0.1, 0.15) is 18.5 Å². The van der Waals surface area contributed by atoms with Crippen LogP contribution in [0.3, 0.4) is 0 Å². The molecule has 24 heavy (non-hydrogen) atoms. The van der Waals surface area contributed by atoms with Gasteiger partial charge in [0, 0.05) is 23.4 Å². The molecular formula is C20H23N3O. The number of rotatable bonds is 4. The molecule has 0 aromatic heterocycles. The van der Waals surface area contributed by atoms with E-state index in [0.717, 1.165) is 35.4 Å². The molecular weight excluding hydrogens is 298 g/mol. The summed E-state index contributed by atoms with van der Waals surface area (Å²) < 4.78 is 0. The third kappa shape index (κ3) is 3.10. The maximum atomic E-state index is 11.8. The van der Waals surface area contributed by atoms with E-state index in [1.807, 2.05) is 54.6 Å². The first-order valence-corrected chi connectivity index (χ1v) is 8.32. The molecule has 3 rings (SSSR count). The number of nitrogens with zero attached hydrogens (tertiary/aromatic N) is 2. The number of carbonyl (C=O) groups excluding carboxylic acids is 1. The Morgan fingerprint density at radius 1 is 1.12 bits per heavy atom. The third-order valence-electron chi connectivity index (χ3n) is 4.21. The van der Waals surface area contributed by atoms with Gasteiger partial charge in [-0.05, 0) is 12.0 Å². The highest BCUT2D eigenvalue weighted by molar-refractivity contribution is 6.16. The molecule has 2 aromatic carbocycles. The minimum absolute atomic E-state index is 0.408. The van der Waals surface area contributed by atoms with Crippen LogP contribution in [-0.2, 0) is 4.79 Å². The van der Waals surface area contributed by atoms with Crippen LogP contribution in [0.2, 0.25) is 0 Å². The summed E-state index contributed by atoms with van der Waals surface area (Å²) in [6.45, 7) is 5.03. The Kier molecular flexibility index (Phi) is 4.76. The van der Waals surface area contributed by atoms with Gasteiger partial charge in [0.15, 0.2) is 0 Å². The van der Waals surface area contributed by atoms with Gasteiger partial charge in [0.05, 0.1) is 5.71 Å². The molecule has 0 aliphatic carbocycles. The van der Waals surface area contributed by atoms with Crippen molar-refractivity contribution in [2.45, 2.75) is 26.1 Å². The molecule has 0 bridgehead atoms. The second-order valence-electron chi connectivity index (χ2n) is 6.52. The third-order valence-corrected chi connectivity index (χ3v) is 4.21. The maximum absolute atomic E-state index is 11.8. The summed E-state index contributed by atoms with van der Waals surface area (Å²) in [5.74, 6) is 0.408. The summed E-state index contributed by atoms with van der Waals surface area (Å²) in [4.78, 5) is 18.6. The summed E-state index contributed by atoms with van der Waals surface area (Å²) in [7, 11) is 0. The van der Waals surface area contributed by atoms with Gasteiger partial charge in [-0.2, -0.15) is 0 Å². The molecule has 2 N–H and O–H groups in total. The number of hydrogen-bond donors (Lipinski definition) is 1. The van der Waals surface area contributed by atoms with Crippen molar-refractivity contribution in [3.8, 4) is 0 Å². The van der Waals surface area contributed by atoms with Crippen molar-refractivity contribution < 1.29 is 4.79 Å². The number of nitrogens with two attached hydrogens (primary N) is 1. The van der Waals surface area contributed by atoms with Gasteiger partial charge in [-0.1, -0.05) is 62.4 Å². The van der Waals surface area contributed by atoms with Crippen molar-refractivity contribution in [1.29, 1.82) is 0 Å². The molecule has 1 aliphatic rings. The zero-order chi connectivity index (χ0) is 17.1. The SMILES string of the molecule is CC(C)CN1c2ccccc2C(c2ccccc2)=NC(N)C1C=O. The van der Waals surface area contributed by atoms with Crippen molar-refractivity contribution in [1.82, 2.24) is 0 Å². The fourth-order valence-corrected chi connectivity index (χ4v) is 3.16. The van der Waals surface area contributed by atoms with Crippen LogP contribution in [0.4, 0.5) is 5.69 Å². The summed E-state index contributed by atoms with van der Waals surface area (Å²) in [6.07, 6.45) is 0.324. The van der Waals surface area contributed by atoms with Crippen LogP contribution < -0.4 is 10.6 Å². The molecule has 0 saturated carbocycles. The van der Waals surface area contributed by atoms with E-state index in [1.54, 1.807) is 0 Å². The molecule has 0 fully saturated rings. The first kappa shape index (κ1) is 16.4. The van der Waals surface area contributed by atoms with Crippen molar-refractivity contribution in [3.63, 3.8) is 0 Å². The Morgan fingerprint density at radius 3 is 2.46 bits per heavy atom. The van der Waals surface area contributed by atoms with E-state index in [4.69, 9.17) is 10.7 Å². The van der Waals surface area contributed by atoms with Crippen molar-refractivity contribution >= 4 is 17.7 Å². The molecule has 2 unspecified atom stereocenters. The molecule has 0 radical (unpaired) electrons. The zero-order valence-corrected chi connectivity index (χ0v) is 14.1. The quantitative estimate of drug-likeness (QED) is 0.881. The molecule has 1 aliphatic heterocycles. The molecule has 2 atom stereocenters. The predicted octanol–water partition coefficient (Wildman–Crippen LogP) is 2.85. The second kappa shape index (κ2) is 6.97. The van der Waals surface area contributed by atoms with E-state index in [-0.39, 0.29) is 0 Å². The highest BCUT2D eigenvalue weighted by atomic mass is 16.1. The predicted molar refractivity (Wildman–Crippen MR) is 98.5 cm³/mol. The molecule has 0 spiro atoms. The first-order chi connectivity index (χ1) is 11.6. The average molecular weight is 321 g/mol. The van der Waals surface area contributed by atoms with E-state index in [2.05, 4.69) is 18.7 Å². The Hall–Kier alpha value is -2.46. The lowest BCUT2D eigenvalue weighted by Crippen LogP contribution is -2.49. The second-order valence-corrected chi connectivity index (χ2v) is 6.52. The molecule has 2 aromatic rings. The number of aliphatic imine (C=N–C) groups is 1. The molecule has 4 nitrogen and oxygen atoms in total. The Morgan fingerprint density at radius 2 is 1.79 bits per heavy atom. The van der Waals surface area contributed by atoms with Gasteiger partial charge in [-0.3, -0.25) is 4.99 Å². The van der Waals surface area contributed by atoms with E-state index in [0.29, 0.717) is 5.92 Å². The topological polar surface area (TPSA) is 58.7 Å². The Bertz CT molecular complexity index is 740. The number of anilines is 1. The molecule has 1 heterocycles. The van der Waals surface area contributed by atoms with Crippen LogP contribution in [0.5, 0.6) is 0 Å². The summed E-state index contributed by atoms with van der Waals surface area (Å²) in [5.41, 5.74) is 10.2. The molecule has 0 saturated heterocycles. The van der Waals surface area contributed by atoms with E-state index < -0.39 is 12.2 Å². The Balaban J connectivity index is 2.19. The van der Waals surface area contributed by atoms with Gasteiger partial charge < -0.3 is 15.4 Å². The summed E-state index contributed by atoms with van der Waals surface area (Å²) in [6, 6.07) is 17.6. The zero-order valence-electron chi connectivity index (χ0n) is 14.1. The van der Waals surface area contributed by atoms with Gasteiger partial charge >= 0.3 is 0 Å². The Labute approximate surface area is 143 Å². The van der Waals surface area contributed by atoms with Crippen molar-refractivity contribution in [2.24, 2.45) is 16.6 Å². The van der Waals surface area contributed by atoms with Crippen LogP contribution in [0.15, 0.2) is 59.6 Å². The van der Waals surface area contributed by atoms with Gasteiger partial charge in [-0.25, -0.2) is 0 Å². The van der Waals surface area contributed by atoms with Crippen LogP contribution in [-0.4, -0.2) is 30.8 Å². The van der Waals surface area contributed by atoms with Crippen molar-refractivity contribution in [2.75, 3.05) is 11.4 Å². The summed E-state index contributed by atoms with van der Waals surface area (Å²) >= 11 is 0. The largest absolute Gasteiger partial charge is 0.358 e. The van der Waals surface area contributed by atoms with Gasteiger partial charge in [0.25, 0.3) is 0 Å².